The summed E-state index contributed by atoms with van der Waals surface area (Å²) in [6, 6.07) is 58.3. The number of para-hydroxylation sites is 4. The third kappa shape index (κ3) is 3.57. The molecule has 4 heteroatoms. The first-order valence-corrected chi connectivity index (χ1v) is 15.8. The number of nitriles is 1. The summed E-state index contributed by atoms with van der Waals surface area (Å²) in [5.74, 6) is 0. The lowest BCUT2D eigenvalue weighted by atomic mass is 10.1. The summed E-state index contributed by atoms with van der Waals surface area (Å²) in [5, 5.41) is 16.9. The second-order valence-corrected chi connectivity index (χ2v) is 12.1. The fourth-order valence-corrected chi connectivity index (χ4v) is 7.71. The number of nitrogens with zero attached hydrogens (tertiary/aromatic N) is 4. The molecule has 0 atom stereocenters. The minimum atomic E-state index is 0.656. The van der Waals surface area contributed by atoms with Crippen LogP contribution in [0.1, 0.15) is 5.56 Å². The zero-order chi connectivity index (χ0) is 31.1. The van der Waals surface area contributed by atoms with Crippen LogP contribution in [0.2, 0.25) is 0 Å². The number of benzene rings is 7. The van der Waals surface area contributed by atoms with Crippen LogP contribution in [0.3, 0.4) is 0 Å². The molecule has 0 spiro atoms. The van der Waals surface area contributed by atoms with Crippen molar-refractivity contribution in [1.29, 1.82) is 5.26 Å². The van der Waals surface area contributed by atoms with E-state index in [1.807, 2.05) is 12.1 Å². The molecule has 0 aliphatic carbocycles. The second kappa shape index (κ2) is 9.71. The quantitative estimate of drug-likeness (QED) is 0.199. The third-order valence-electron chi connectivity index (χ3n) is 9.64. The van der Waals surface area contributed by atoms with E-state index in [0.29, 0.717) is 5.56 Å². The molecule has 0 unspecified atom stereocenters. The van der Waals surface area contributed by atoms with Crippen molar-refractivity contribution in [3.05, 3.63) is 163 Å². The van der Waals surface area contributed by atoms with Crippen molar-refractivity contribution in [3.8, 4) is 23.1 Å². The van der Waals surface area contributed by atoms with Crippen molar-refractivity contribution in [2.24, 2.45) is 0 Å². The van der Waals surface area contributed by atoms with E-state index < -0.39 is 0 Å². The van der Waals surface area contributed by atoms with Crippen LogP contribution in [0.25, 0.3) is 82.5 Å². The number of hydrogen-bond donors (Lipinski definition) is 0. The van der Waals surface area contributed by atoms with Crippen LogP contribution in [0.5, 0.6) is 0 Å². The van der Waals surface area contributed by atoms with Gasteiger partial charge in [-0.25, -0.2) is 0 Å². The van der Waals surface area contributed by atoms with Crippen molar-refractivity contribution < 1.29 is 0 Å². The first-order valence-electron chi connectivity index (χ1n) is 15.8. The topological polar surface area (TPSA) is 38.6 Å². The van der Waals surface area contributed by atoms with E-state index in [1.165, 1.54) is 27.1 Å². The summed E-state index contributed by atoms with van der Waals surface area (Å²) in [6.07, 6.45) is 0. The lowest BCUT2D eigenvalue weighted by Gasteiger charge is -2.12. The molecule has 10 rings (SSSR count). The minimum Gasteiger partial charge on any atom is -0.309 e. The lowest BCUT2D eigenvalue weighted by molar-refractivity contribution is 1.16. The average molecular weight is 599 g/mol. The molecule has 0 saturated heterocycles. The monoisotopic (exact) mass is 598 g/mol. The molecule has 0 saturated carbocycles. The van der Waals surface area contributed by atoms with Crippen molar-refractivity contribution in [1.82, 2.24) is 13.7 Å². The number of rotatable bonds is 3. The van der Waals surface area contributed by atoms with Gasteiger partial charge in [-0.15, -0.1) is 0 Å². The molecule has 3 heterocycles. The van der Waals surface area contributed by atoms with Gasteiger partial charge in [0.15, 0.2) is 0 Å². The second-order valence-electron chi connectivity index (χ2n) is 12.1. The van der Waals surface area contributed by atoms with Crippen molar-refractivity contribution >= 4 is 65.4 Å². The molecular formula is C43H26N4. The van der Waals surface area contributed by atoms with Crippen LogP contribution in [0.4, 0.5) is 0 Å². The molecule has 0 radical (unpaired) electrons. The smallest absolute Gasteiger partial charge is 0.0991 e. The molecule has 7 aromatic carbocycles. The Kier molecular flexibility index (Phi) is 5.32. The van der Waals surface area contributed by atoms with Crippen molar-refractivity contribution in [3.63, 3.8) is 0 Å². The molecule has 0 amide bonds. The Balaban J connectivity index is 1.39. The molecule has 0 fully saturated rings. The maximum Gasteiger partial charge on any atom is 0.0991 e. The third-order valence-corrected chi connectivity index (χ3v) is 9.64. The van der Waals surface area contributed by atoms with Crippen LogP contribution in [-0.2, 0) is 0 Å². The molecule has 218 valence electrons. The zero-order valence-electron chi connectivity index (χ0n) is 25.3. The molecule has 0 N–H and O–H groups in total. The van der Waals surface area contributed by atoms with E-state index in [1.54, 1.807) is 0 Å². The first-order chi connectivity index (χ1) is 23.3. The fraction of sp³-hybridized carbons (Fsp3) is 0. The van der Waals surface area contributed by atoms with Gasteiger partial charge in [0, 0.05) is 49.4 Å². The van der Waals surface area contributed by atoms with Crippen molar-refractivity contribution in [2.45, 2.75) is 0 Å². The zero-order valence-corrected chi connectivity index (χ0v) is 25.3. The first kappa shape index (κ1) is 25.7. The maximum absolute atomic E-state index is 9.90. The number of aromatic nitrogens is 3. The summed E-state index contributed by atoms with van der Waals surface area (Å²) < 4.78 is 7.14. The highest BCUT2D eigenvalue weighted by atomic mass is 15.0. The molecular weight excluding hydrogens is 573 g/mol. The molecule has 0 aliphatic rings. The maximum atomic E-state index is 9.90. The highest BCUT2D eigenvalue weighted by Crippen LogP contribution is 2.43. The Morgan fingerprint density at radius 2 is 0.915 bits per heavy atom. The van der Waals surface area contributed by atoms with E-state index in [-0.39, 0.29) is 0 Å². The standard InChI is InChI=1S/C43H26N4/c44-27-28-19-23-39-36(25-28)34-22-24-40-42(35-16-8-10-18-38(35)45(40)29-11-3-1-4-12-29)43(34)47(39)31-20-21-33-32-15-7-9-17-37(32)46(41(33)26-31)30-13-5-2-6-14-30/h1-26H. The van der Waals surface area contributed by atoms with E-state index in [4.69, 9.17) is 0 Å². The van der Waals surface area contributed by atoms with Crippen LogP contribution < -0.4 is 0 Å². The lowest BCUT2D eigenvalue weighted by Crippen LogP contribution is -1.97. The van der Waals surface area contributed by atoms with E-state index in [0.717, 1.165) is 55.4 Å². The summed E-state index contributed by atoms with van der Waals surface area (Å²) in [6.45, 7) is 0. The van der Waals surface area contributed by atoms with Gasteiger partial charge in [-0.1, -0.05) is 84.9 Å². The highest BCUT2D eigenvalue weighted by molar-refractivity contribution is 6.26. The van der Waals surface area contributed by atoms with E-state index in [2.05, 4.69) is 165 Å². The number of hydrogen-bond acceptors (Lipinski definition) is 1. The Morgan fingerprint density at radius 1 is 0.362 bits per heavy atom. The predicted molar refractivity (Wildman–Crippen MR) is 194 cm³/mol. The fourth-order valence-electron chi connectivity index (χ4n) is 7.71. The molecule has 47 heavy (non-hydrogen) atoms. The average Bonchev–Trinajstić information content (AvgIpc) is 3.77. The molecule has 10 aromatic rings. The van der Waals surface area contributed by atoms with Gasteiger partial charge in [-0.2, -0.15) is 5.26 Å². The van der Waals surface area contributed by atoms with Gasteiger partial charge in [0.1, 0.15) is 0 Å². The molecule has 3 aromatic heterocycles. The van der Waals surface area contributed by atoms with Gasteiger partial charge in [-0.05, 0) is 72.8 Å². The molecule has 0 aliphatic heterocycles. The highest BCUT2D eigenvalue weighted by Gasteiger charge is 2.22. The van der Waals surface area contributed by atoms with Gasteiger partial charge in [0.25, 0.3) is 0 Å². The normalized spacial score (nSPS) is 11.8. The van der Waals surface area contributed by atoms with E-state index in [9.17, 15) is 5.26 Å². The largest absolute Gasteiger partial charge is 0.309 e. The summed E-state index contributed by atoms with van der Waals surface area (Å²) in [7, 11) is 0. The van der Waals surface area contributed by atoms with E-state index >= 15 is 0 Å². The molecule has 0 bridgehead atoms. The SMILES string of the molecule is N#Cc1ccc2c(c1)c1ccc3c(c4ccccc4n3-c3ccccc3)c1n2-c1ccc2c3ccccc3n(-c3ccccc3)c2c1. The Hall–Kier alpha value is -6.57. The molecule has 4 nitrogen and oxygen atoms in total. The summed E-state index contributed by atoms with van der Waals surface area (Å²) in [4.78, 5) is 0. The Bertz CT molecular complexity index is 2900. The van der Waals surface area contributed by atoms with Gasteiger partial charge < -0.3 is 13.7 Å². The van der Waals surface area contributed by atoms with Gasteiger partial charge in [0.05, 0.1) is 44.7 Å². The summed E-state index contributed by atoms with van der Waals surface area (Å²) in [5.41, 5.74) is 10.8. The minimum absolute atomic E-state index is 0.656. The Morgan fingerprint density at radius 3 is 1.64 bits per heavy atom. The van der Waals surface area contributed by atoms with Gasteiger partial charge >= 0.3 is 0 Å². The van der Waals surface area contributed by atoms with Crippen LogP contribution in [-0.4, -0.2) is 13.7 Å². The van der Waals surface area contributed by atoms with Gasteiger partial charge in [-0.3, -0.25) is 0 Å². The van der Waals surface area contributed by atoms with Gasteiger partial charge in [0.2, 0.25) is 0 Å². The summed E-state index contributed by atoms with van der Waals surface area (Å²) >= 11 is 0. The predicted octanol–water partition coefficient (Wildman–Crippen LogP) is 10.8. The van der Waals surface area contributed by atoms with Crippen LogP contribution in [0, 0.1) is 11.3 Å². The van der Waals surface area contributed by atoms with Crippen LogP contribution >= 0.6 is 0 Å². The van der Waals surface area contributed by atoms with Crippen LogP contribution in [0.15, 0.2) is 158 Å². The Labute approximate surface area is 270 Å². The van der Waals surface area contributed by atoms with Crippen molar-refractivity contribution in [2.75, 3.05) is 0 Å². The number of fused-ring (bicyclic) bond motifs is 10.